The standard InChI is InChI=1S/C21H23ClN2O3/c1-12-5-4-6-13(7-12)15-10-21(11-20(2,3)23-19(26)24-21)27-18-9-17(25)16(22)8-14(15)18/h4-9,15,25H,10-11H2,1-3H3,(H2,23,24,26)/t15-,21+/m0/s1. The van der Waals surface area contributed by atoms with Crippen LogP contribution in [0.4, 0.5) is 4.79 Å². The Morgan fingerprint density at radius 1 is 1.22 bits per heavy atom. The van der Waals surface area contributed by atoms with Crippen molar-refractivity contribution in [3.63, 3.8) is 0 Å². The van der Waals surface area contributed by atoms with Gasteiger partial charge in [-0.25, -0.2) is 4.79 Å². The smallest absolute Gasteiger partial charge is 0.318 e. The van der Waals surface area contributed by atoms with Crippen molar-refractivity contribution in [3.8, 4) is 11.5 Å². The third-order valence-electron chi connectivity index (χ3n) is 5.26. The number of aromatic hydroxyl groups is 1. The number of phenols is 1. The molecule has 4 rings (SSSR count). The maximum atomic E-state index is 12.3. The van der Waals surface area contributed by atoms with Gasteiger partial charge in [0.05, 0.1) is 5.02 Å². The number of rotatable bonds is 1. The predicted octanol–water partition coefficient (Wildman–Crippen LogP) is 4.45. The summed E-state index contributed by atoms with van der Waals surface area (Å²) in [6.45, 7) is 6.01. The Kier molecular flexibility index (Phi) is 4.04. The number of ether oxygens (including phenoxy) is 1. The summed E-state index contributed by atoms with van der Waals surface area (Å²) in [6.07, 6.45) is 1.18. The van der Waals surface area contributed by atoms with Gasteiger partial charge in [-0.3, -0.25) is 0 Å². The minimum Gasteiger partial charge on any atom is -0.506 e. The Balaban J connectivity index is 1.85. The van der Waals surface area contributed by atoms with Gasteiger partial charge in [0.25, 0.3) is 0 Å². The number of fused-ring (bicyclic) bond motifs is 1. The largest absolute Gasteiger partial charge is 0.506 e. The summed E-state index contributed by atoms with van der Waals surface area (Å²) in [6, 6.07) is 11.4. The molecule has 0 unspecified atom stereocenters. The number of amides is 2. The minimum absolute atomic E-state index is 0.0130. The van der Waals surface area contributed by atoms with E-state index in [0.29, 0.717) is 23.6 Å². The van der Waals surface area contributed by atoms with Crippen LogP contribution in [0.25, 0.3) is 0 Å². The molecule has 2 aromatic carbocycles. The zero-order valence-corrected chi connectivity index (χ0v) is 16.4. The molecule has 0 radical (unpaired) electrons. The summed E-state index contributed by atoms with van der Waals surface area (Å²) >= 11 is 6.19. The van der Waals surface area contributed by atoms with Gasteiger partial charge in [-0.2, -0.15) is 0 Å². The van der Waals surface area contributed by atoms with Gasteiger partial charge >= 0.3 is 6.03 Å². The lowest BCUT2D eigenvalue weighted by Gasteiger charge is -2.49. The van der Waals surface area contributed by atoms with Crippen LogP contribution in [0.5, 0.6) is 11.5 Å². The van der Waals surface area contributed by atoms with E-state index in [1.165, 1.54) is 0 Å². The molecule has 6 heteroatoms. The Morgan fingerprint density at radius 3 is 2.70 bits per heavy atom. The third-order valence-corrected chi connectivity index (χ3v) is 5.56. The molecule has 2 aliphatic heterocycles. The lowest BCUT2D eigenvalue weighted by molar-refractivity contribution is -0.0236. The van der Waals surface area contributed by atoms with E-state index in [-0.39, 0.29) is 17.7 Å². The lowest BCUT2D eigenvalue weighted by Crippen LogP contribution is -2.69. The van der Waals surface area contributed by atoms with Crippen molar-refractivity contribution < 1.29 is 14.6 Å². The number of carbonyl (C=O) groups is 1. The fourth-order valence-electron chi connectivity index (χ4n) is 4.33. The molecule has 1 spiro atoms. The normalized spacial score (nSPS) is 25.9. The molecule has 2 aromatic rings. The van der Waals surface area contributed by atoms with Crippen molar-refractivity contribution in [1.82, 2.24) is 10.6 Å². The number of hydrogen-bond donors (Lipinski definition) is 3. The molecule has 2 amide bonds. The van der Waals surface area contributed by atoms with Gasteiger partial charge in [-0.1, -0.05) is 41.4 Å². The van der Waals surface area contributed by atoms with Crippen LogP contribution < -0.4 is 15.4 Å². The fraction of sp³-hybridized carbons (Fsp3) is 0.381. The highest BCUT2D eigenvalue weighted by Gasteiger charge is 2.49. The molecule has 2 aliphatic rings. The maximum absolute atomic E-state index is 12.3. The number of benzene rings is 2. The topological polar surface area (TPSA) is 70.6 Å². The molecular formula is C21H23ClN2O3. The Hall–Kier alpha value is -2.40. The summed E-state index contributed by atoms with van der Waals surface area (Å²) < 4.78 is 6.29. The summed E-state index contributed by atoms with van der Waals surface area (Å²) in [7, 11) is 0. The molecule has 0 bridgehead atoms. The molecule has 142 valence electrons. The zero-order valence-electron chi connectivity index (χ0n) is 15.6. The van der Waals surface area contributed by atoms with Crippen LogP contribution in [-0.2, 0) is 0 Å². The molecule has 2 atom stereocenters. The second kappa shape index (κ2) is 6.06. The van der Waals surface area contributed by atoms with E-state index in [0.717, 1.165) is 16.7 Å². The summed E-state index contributed by atoms with van der Waals surface area (Å²) in [5.41, 5.74) is 1.94. The van der Waals surface area contributed by atoms with Crippen molar-refractivity contribution >= 4 is 17.6 Å². The van der Waals surface area contributed by atoms with Gasteiger partial charge in [0.1, 0.15) is 11.5 Å². The van der Waals surface area contributed by atoms with Crippen LogP contribution >= 0.6 is 11.6 Å². The first-order chi connectivity index (χ1) is 12.7. The van der Waals surface area contributed by atoms with Gasteiger partial charge in [0, 0.05) is 35.9 Å². The molecule has 0 saturated carbocycles. The van der Waals surface area contributed by atoms with Crippen LogP contribution in [0.2, 0.25) is 5.02 Å². The number of hydrogen-bond acceptors (Lipinski definition) is 3. The van der Waals surface area contributed by atoms with Gasteiger partial charge in [-0.15, -0.1) is 0 Å². The number of phenolic OH excluding ortho intramolecular Hbond substituents is 1. The van der Waals surface area contributed by atoms with E-state index >= 15 is 0 Å². The quantitative estimate of drug-likeness (QED) is 0.678. The van der Waals surface area contributed by atoms with Crippen molar-refractivity contribution in [2.24, 2.45) is 0 Å². The molecule has 0 aromatic heterocycles. The second-order valence-electron chi connectivity index (χ2n) is 8.25. The maximum Gasteiger partial charge on any atom is 0.318 e. The molecule has 0 aliphatic carbocycles. The Morgan fingerprint density at radius 2 is 2.00 bits per heavy atom. The average Bonchev–Trinajstić information content (AvgIpc) is 2.54. The van der Waals surface area contributed by atoms with Gasteiger partial charge in [0.15, 0.2) is 5.72 Å². The molecule has 1 fully saturated rings. The monoisotopic (exact) mass is 386 g/mol. The molecule has 5 nitrogen and oxygen atoms in total. The minimum atomic E-state index is -0.854. The van der Waals surface area contributed by atoms with Crippen molar-refractivity contribution in [2.45, 2.75) is 50.8 Å². The first-order valence-corrected chi connectivity index (χ1v) is 9.43. The number of halogens is 1. The van der Waals surface area contributed by atoms with Crippen molar-refractivity contribution in [1.29, 1.82) is 0 Å². The summed E-state index contributed by atoms with van der Waals surface area (Å²) in [5.74, 6) is 0.503. The molecule has 2 heterocycles. The van der Waals surface area contributed by atoms with E-state index in [1.54, 1.807) is 12.1 Å². The number of aryl methyl sites for hydroxylation is 1. The van der Waals surface area contributed by atoms with Gasteiger partial charge in [-0.05, 0) is 32.4 Å². The second-order valence-corrected chi connectivity index (χ2v) is 8.66. The lowest BCUT2D eigenvalue weighted by atomic mass is 9.77. The molecule has 27 heavy (non-hydrogen) atoms. The van der Waals surface area contributed by atoms with Crippen LogP contribution in [0, 0.1) is 6.92 Å². The van der Waals surface area contributed by atoms with Gasteiger partial charge in [0.2, 0.25) is 0 Å². The number of carbonyl (C=O) groups excluding carboxylic acids is 1. The van der Waals surface area contributed by atoms with E-state index in [9.17, 15) is 9.90 Å². The predicted molar refractivity (Wildman–Crippen MR) is 104 cm³/mol. The van der Waals surface area contributed by atoms with Crippen LogP contribution in [0.3, 0.4) is 0 Å². The molecule has 1 saturated heterocycles. The van der Waals surface area contributed by atoms with E-state index < -0.39 is 11.3 Å². The molecule has 3 N–H and O–H groups in total. The average molecular weight is 387 g/mol. The third kappa shape index (κ3) is 3.32. The van der Waals surface area contributed by atoms with E-state index in [4.69, 9.17) is 16.3 Å². The number of nitrogens with one attached hydrogen (secondary N) is 2. The highest BCUT2D eigenvalue weighted by molar-refractivity contribution is 6.32. The first kappa shape index (κ1) is 18.0. The fourth-order valence-corrected chi connectivity index (χ4v) is 4.50. The highest BCUT2D eigenvalue weighted by atomic mass is 35.5. The first-order valence-electron chi connectivity index (χ1n) is 9.05. The number of urea groups is 1. The van der Waals surface area contributed by atoms with Gasteiger partial charge < -0.3 is 20.5 Å². The van der Waals surface area contributed by atoms with Crippen LogP contribution in [0.15, 0.2) is 36.4 Å². The Labute approximate surface area is 163 Å². The van der Waals surface area contributed by atoms with Crippen molar-refractivity contribution in [3.05, 3.63) is 58.1 Å². The Bertz CT molecular complexity index is 928. The van der Waals surface area contributed by atoms with Crippen LogP contribution in [-0.4, -0.2) is 22.4 Å². The van der Waals surface area contributed by atoms with E-state index in [1.807, 2.05) is 19.9 Å². The van der Waals surface area contributed by atoms with Crippen LogP contribution in [0.1, 0.15) is 49.3 Å². The van der Waals surface area contributed by atoms with E-state index in [2.05, 4.69) is 35.8 Å². The highest BCUT2D eigenvalue weighted by Crippen LogP contribution is 2.49. The summed E-state index contributed by atoms with van der Waals surface area (Å²) in [5, 5.41) is 16.3. The SMILES string of the molecule is Cc1cccc([C@@H]2C[C@]3(CC(C)(C)NC(=O)N3)Oc3cc(O)c(Cl)cc32)c1. The summed E-state index contributed by atoms with van der Waals surface area (Å²) in [4.78, 5) is 12.3. The van der Waals surface area contributed by atoms with Crippen molar-refractivity contribution in [2.75, 3.05) is 0 Å². The zero-order chi connectivity index (χ0) is 19.4. The molecular weight excluding hydrogens is 364 g/mol.